The van der Waals surface area contributed by atoms with Crippen LogP contribution in [0.1, 0.15) is 61.4 Å². The topological polar surface area (TPSA) is 59.9 Å². The molecular weight excluding hydrogens is 468 g/mol. The Bertz CT molecular complexity index is 841. The summed E-state index contributed by atoms with van der Waals surface area (Å²) in [6.07, 6.45) is 8.80. The highest BCUT2D eigenvalue weighted by atomic mass is 79.9. The van der Waals surface area contributed by atoms with Gasteiger partial charge in [-0.15, -0.1) is 0 Å². The maximum absolute atomic E-state index is 12.1. The van der Waals surface area contributed by atoms with Crippen LogP contribution in [0.3, 0.4) is 0 Å². The summed E-state index contributed by atoms with van der Waals surface area (Å²) in [4.78, 5) is 12.1. The normalized spacial score (nSPS) is 10.9. The minimum atomic E-state index is -0.312. The first kappa shape index (κ1) is 24.2. The fourth-order valence-corrected chi connectivity index (χ4v) is 3.54. The number of hydrogen-bond acceptors (Lipinski definition) is 4. The Balaban J connectivity index is 1.91. The van der Waals surface area contributed by atoms with Gasteiger partial charge in [0.15, 0.2) is 11.5 Å². The molecule has 2 rings (SSSR count). The van der Waals surface area contributed by atoms with E-state index in [9.17, 15) is 4.79 Å². The van der Waals surface area contributed by atoms with Gasteiger partial charge in [0.05, 0.1) is 24.4 Å². The second-order valence-electron chi connectivity index (χ2n) is 6.86. The highest BCUT2D eigenvalue weighted by Gasteiger charge is 2.11. The molecule has 30 heavy (non-hydrogen) atoms. The Hall–Kier alpha value is -2.05. The zero-order valence-corrected chi connectivity index (χ0v) is 19.8. The van der Waals surface area contributed by atoms with Gasteiger partial charge in [-0.1, -0.05) is 50.6 Å². The average molecular weight is 496 g/mol. The predicted octanol–water partition coefficient (Wildman–Crippen LogP) is 6.61. The minimum absolute atomic E-state index is 0.312. The highest BCUT2D eigenvalue weighted by molar-refractivity contribution is 9.10. The number of carbonyl (C=O) groups excluding carboxylic acids is 1. The Kier molecular flexibility index (Phi) is 10.7. The standard InChI is InChI=1S/C23H28BrClN2O3/c1-3-4-5-6-7-8-13-30-22-20(24)14-17(15-21(22)29-2)16-26-27-23(28)18-9-11-19(25)12-10-18/h9-12,14-16H,3-8,13H2,1-2H3,(H,27,28)/b26-16+. The van der Waals surface area contributed by atoms with Crippen LogP contribution in [0.4, 0.5) is 0 Å². The summed E-state index contributed by atoms with van der Waals surface area (Å²) < 4.78 is 12.2. The minimum Gasteiger partial charge on any atom is -0.493 e. The van der Waals surface area contributed by atoms with Crippen LogP contribution < -0.4 is 14.9 Å². The maximum atomic E-state index is 12.1. The first-order valence-electron chi connectivity index (χ1n) is 10.1. The number of hydrazone groups is 1. The van der Waals surface area contributed by atoms with E-state index in [-0.39, 0.29) is 5.91 Å². The molecule has 0 aliphatic heterocycles. The van der Waals surface area contributed by atoms with E-state index in [1.807, 2.05) is 12.1 Å². The number of halogens is 2. The molecule has 0 heterocycles. The van der Waals surface area contributed by atoms with Gasteiger partial charge in [0.2, 0.25) is 0 Å². The first-order chi connectivity index (χ1) is 14.5. The average Bonchev–Trinajstić information content (AvgIpc) is 2.74. The van der Waals surface area contributed by atoms with Crippen LogP contribution in [0.2, 0.25) is 5.02 Å². The molecule has 5 nitrogen and oxygen atoms in total. The van der Waals surface area contributed by atoms with Gasteiger partial charge in [-0.3, -0.25) is 4.79 Å². The quantitative estimate of drug-likeness (QED) is 0.205. The van der Waals surface area contributed by atoms with Crippen LogP contribution in [-0.2, 0) is 0 Å². The second-order valence-corrected chi connectivity index (χ2v) is 8.15. The zero-order chi connectivity index (χ0) is 21.8. The van der Waals surface area contributed by atoms with E-state index >= 15 is 0 Å². The molecule has 0 aromatic heterocycles. The number of rotatable bonds is 12. The fraction of sp³-hybridized carbons (Fsp3) is 0.391. The molecule has 0 aliphatic rings. The van der Waals surface area contributed by atoms with E-state index in [1.54, 1.807) is 37.6 Å². The van der Waals surface area contributed by atoms with Gasteiger partial charge >= 0.3 is 0 Å². The lowest BCUT2D eigenvalue weighted by molar-refractivity contribution is 0.0955. The molecule has 0 atom stereocenters. The second kappa shape index (κ2) is 13.3. The molecule has 0 fully saturated rings. The molecule has 2 aromatic rings. The molecule has 2 aromatic carbocycles. The third kappa shape index (κ3) is 8.00. The van der Waals surface area contributed by atoms with Crippen molar-refractivity contribution >= 4 is 39.7 Å². The highest BCUT2D eigenvalue weighted by Crippen LogP contribution is 2.36. The Morgan fingerprint density at radius 2 is 1.83 bits per heavy atom. The van der Waals surface area contributed by atoms with Gasteiger partial charge in [0, 0.05) is 10.6 Å². The van der Waals surface area contributed by atoms with E-state index in [0.29, 0.717) is 28.7 Å². The number of benzene rings is 2. The largest absolute Gasteiger partial charge is 0.493 e. The van der Waals surface area contributed by atoms with Crippen LogP contribution in [-0.4, -0.2) is 25.8 Å². The van der Waals surface area contributed by atoms with Crippen LogP contribution in [0.15, 0.2) is 46.0 Å². The van der Waals surface area contributed by atoms with Gasteiger partial charge in [-0.2, -0.15) is 5.10 Å². The number of hydrogen-bond donors (Lipinski definition) is 1. The summed E-state index contributed by atoms with van der Waals surface area (Å²) in [7, 11) is 1.60. The molecule has 0 radical (unpaired) electrons. The molecule has 0 unspecified atom stereocenters. The summed E-state index contributed by atoms with van der Waals surface area (Å²) in [6.45, 7) is 2.86. The van der Waals surface area contributed by atoms with Crippen LogP contribution in [0.25, 0.3) is 0 Å². The lowest BCUT2D eigenvalue weighted by Crippen LogP contribution is -2.17. The Morgan fingerprint density at radius 3 is 2.53 bits per heavy atom. The molecule has 0 aliphatic carbocycles. The molecule has 0 saturated carbocycles. The van der Waals surface area contributed by atoms with Gasteiger partial charge in [-0.05, 0) is 64.3 Å². The molecule has 7 heteroatoms. The van der Waals surface area contributed by atoms with E-state index in [4.69, 9.17) is 21.1 Å². The van der Waals surface area contributed by atoms with Crippen LogP contribution >= 0.6 is 27.5 Å². The van der Waals surface area contributed by atoms with Crippen molar-refractivity contribution in [1.29, 1.82) is 0 Å². The monoisotopic (exact) mass is 494 g/mol. The molecular formula is C23H28BrClN2O3. The van der Waals surface area contributed by atoms with Gasteiger partial charge in [0.1, 0.15) is 0 Å². The lowest BCUT2D eigenvalue weighted by Gasteiger charge is -2.13. The smallest absolute Gasteiger partial charge is 0.271 e. The fourth-order valence-electron chi connectivity index (χ4n) is 2.84. The van der Waals surface area contributed by atoms with Crippen molar-refractivity contribution in [2.24, 2.45) is 5.10 Å². The summed E-state index contributed by atoms with van der Waals surface area (Å²) in [6, 6.07) is 10.3. The van der Waals surface area contributed by atoms with Crippen molar-refractivity contribution in [1.82, 2.24) is 5.43 Å². The number of amides is 1. The molecule has 0 bridgehead atoms. The molecule has 1 amide bonds. The van der Waals surface area contributed by atoms with Crippen molar-refractivity contribution in [2.45, 2.75) is 45.4 Å². The van der Waals surface area contributed by atoms with Crippen molar-refractivity contribution in [3.8, 4) is 11.5 Å². The molecule has 0 saturated heterocycles. The van der Waals surface area contributed by atoms with Crippen molar-refractivity contribution in [3.63, 3.8) is 0 Å². The van der Waals surface area contributed by atoms with E-state index in [2.05, 4.69) is 33.4 Å². The summed E-state index contributed by atoms with van der Waals surface area (Å²) >= 11 is 9.37. The van der Waals surface area contributed by atoms with Crippen LogP contribution in [0, 0.1) is 0 Å². The van der Waals surface area contributed by atoms with Gasteiger partial charge in [-0.25, -0.2) is 5.43 Å². The summed E-state index contributed by atoms with van der Waals surface area (Å²) in [5.74, 6) is 0.974. The third-order valence-corrected chi connectivity index (χ3v) is 5.32. The molecule has 1 N–H and O–H groups in total. The van der Waals surface area contributed by atoms with E-state index < -0.39 is 0 Å². The number of unbranched alkanes of at least 4 members (excludes halogenated alkanes) is 5. The van der Waals surface area contributed by atoms with Gasteiger partial charge in [0.25, 0.3) is 5.91 Å². The van der Waals surface area contributed by atoms with E-state index in [0.717, 1.165) is 22.9 Å². The third-order valence-electron chi connectivity index (χ3n) is 4.48. The van der Waals surface area contributed by atoms with Crippen molar-refractivity contribution in [3.05, 3.63) is 57.0 Å². The zero-order valence-electron chi connectivity index (χ0n) is 17.4. The maximum Gasteiger partial charge on any atom is 0.271 e. The number of ether oxygens (including phenoxy) is 2. The van der Waals surface area contributed by atoms with Gasteiger partial charge < -0.3 is 9.47 Å². The summed E-state index contributed by atoms with van der Waals surface area (Å²) in [5.41, 5.74) is 3.75. The Labute approximate surface area is 191 Å². The molecule has 0 spiro atoms. The summed E-state index contributed by atoms with van der Waals surface area (Å²) in [5, 5.41) is 4.60. The Morgan fingerprint density at radius 1 is 1.13 bits per heavy atom. The van der Waals surface area contributed by atoms with Crippen molar-refractivity contribution < 1.29 is 14.3 Å². The number of methoxy groups -OCH3 is 1. The lowest BCUT2D eigenvalue weighted by atomic mass is 10.1. The predicted molar refractivity (Wildman–Crippen MR) is 126 cm³/mol. The number of nitrogens with zero attached hydrogens (tertiary/aromatic N) is 1. The number of nitrogens with one attached hydrogen (secondary N) is 1. The van der Waals surface area contributed by atoms with E-state index in [1.165, 1.54) is 25.7 Å². The van der Waals surface area contributed by atoms with Crippen LogP contribution in [0.5, 0.6) is 11.5 Å². The van der Waals surface area contributed by atoms with Crippen molar-refractivity contribution in [2.75, 3.05) is 13.7 Å². The molecule has 162 valence electrons. The SMILES string of the molecule is CCCCCCCCOc1c(Br)cc(/C=N/NC(=O)c2ccc(Cl)cc2)cc1OC. The first-order valence-corrected chi connectivity index (χ1v) is 11.3. The number of carbonyl (C=O) groups is 1.